The van der Waals surface area contributed by atoms with Crippen LogP contribution < -0.4 is 4.74 Å². The number of carbonyl (C=O) groups is 1. The number of amides is 1. The van der Waals surface area contributed by atoms with Crippen molar-refractivity contribution in [2.75, 3.05) is 7.11 Å². The summed E-state index contributed by atoms with van der Waals surface area (Å²) in [5.74, 6) is -1.65. The van der Waals surface area contributed by atoms with E-state index in [1.807, 2.05) is 0 Å². The SMILES string of the molecule is COc1nn(CC(=O)N2N=C(C)C[C@]2(O)C(F)(F)F)cc1[N+](=O)[O-]. The zero-order valence-electron chi connectivity index (χ0n) is 12.4. The molecule has 10 nitrogen and oxygen atoms in total. The number of alkyl halides is 3. The van der Waals surface area contributed by atoms with Crippen LogP contribution in [0.4, 0.5) is 18.9 Å². The Labute approximate surface area is 132 Å². The molecule has 132 valence electrons. The molecule has 0 aliphatic carbocycles. The number of methoxy groups -OCH3 is 1. The number of aliphatic hydroxyl groups is 1. The molecular weight excluding hydrogens is 339 g/mol. The Morgan fingerprint density at radius 2 is 2.21 bits per heavy atom. The maximum atomic E-state index is 13.0. The minimum absolute atomic E-state index is 0.0810. The Morgan fingerprint density at radius 3 is 2.67 bits per heavy atom. The van der Waals surface area contributed by atoms with Gasteiger partial charge in [0.05, 0.1) is 12.0 Å². The van der Waals surface area contributed by atoms with Crippen LogP contribution in [0.15, 0.2) is 11.3 Å². The molecule has 1 N–H and O–H groups in total. The average molecular weight is 351 g/mol. The van der Waals surface area contributed by atoms with Crippen molar-refractivity contribution in [3.8, 4) is 5.88 Å². The minimum atomic E-state index is -5.13. The Balaban J connectivity index is 2.27. The van der Waals surface area contributed by atoms with Crippen molar-refractivity contribution in [2.45, 2.75) is 31.8 Å². The van der Waals surface area contributed by atoms with Crippen LogP contribution in [0, 0.1) is 10.1 Å². The van der Waals surface area contributed by atoms with Gasteiger partial charge < -0.3 is 9.84 Å². The molecule has 0 saturated carbocycles. The predicted octanol–water partition coefficient (Wildman–Crippen LogP) is 0.659. The molecule has 1 aromatic heterocycles. The summed E-state index contributed by atoms with van der Waals surface area (Å²) in [6, 6.07) is 0. The first kappa shape index (κ1) is 17.7. The fraction of sp³-hybridized carbons (Fsp3) is 0.545. The summed E-state index contributed by atoms with van der Waals surface area (Å²) in [7, 11) is 1.11. The van der Waals surface area contributed by atoms with E-state index in [4.69, 9.17) is 0 Å². The molecule has 13 heteroatoms. The number of ether oxygens (including phenoxy) is 1. The van der Waals surface area contributed by atoms with E-state index >= 15 is 0 Å². The van der Waals surface area contributed by atoms with Gasteiger partial charge in [-0.05, 0) is 6.92 Å². The van der Waals surface area contributed by atoms with E-state index in [1.165, 1.54) is 6.92 Å². The predicted molar refractivity (Wildman–Crippen MR) is 71.0 cm³/mol. The molecular formula is C11H12F3N5O5. The molecule has 0 fully saturated rings. The standard InChI is InChI=1S/C11H12F3N5O5/c1-6-3-10(21,11(12,13)14)18(15-6)8(20)5-17-4-7(19(22)23)9(16-17)24-2/h4,21H,3,5H2,1-2H3/t10-/m0/s1. The molecule has 2 rings (SSSR count). The molecule has 1 aromatic rings. The van der Waals surface area contributed by atoms with E-state index in [2.05, 4.69) is 14.9 Å². The van der Waals surface area contributed by atoms with Crippen molar-refractivity contribution in [3.63, 3.8) is 0 Å². The van der Waals surface area contributed by atoms with Gasteiger partial charge in [-0.25, -0.2) is 0 Å². The van der Waals surface area contributed by atoms with Crippen LogP contribution in [0.2, 0.25) is 0 Å². The Hall–Kier alpha value is -2.70. The second kappa shape index (κ2) is 5.74. The number of rotatable bonds is 4. The smallest absolute Gasteiger partial charge is 0.438 e. The van der Waals surface area contributed by atoms with E-state index in [0.29, 0.717) is 0 Å². The highest BCUT2D eigenvalue weighted by Crippen LogP contribution is 2.40. The maximum absolute atomic E-state index is 13.0. The third kappa shape index (κ3) is 2.89. The second-order valence-electron chi connectivity index (χ2n) is 5.01. The summed E-state index contributed by atoms with van der Waals surface area (Å²) >= 11 is 0. The fourth-order valence-corrected chi connectivity index (χ4v) is 2.15. The summed E-state index contributed by atoms with van der Waals surface area (Å²) in [4.78, 5) is 22.0. The number of aromatic nitrogens is 2. The first-order valence-corrected chi connectivity index (χ1v) is 6.41. The number of carbonyl (C=O) groups excluding carboxylic acids is 1. The number of halogens is 3. The third-order valence-electron chi connectivity index (χ3n) is 3.21. The topological polar surface area (TPSA) is 123 Å². The lowest BCUT2D eigenvalue weighted by molar-refractivity contribution is -0.385. The molecule has 0 bridgehead atoms. The summed E-state index contributed by atoms with van der Waals surface area (Å²) in [6.45, 7) is 0.422. The molecule has 0 spiro atoms. The van der Waals surface area contributed by atoms with Gasteiger partial charge in [-0.15, -0.1) is 5.10 Å². The first-order valence-electron chi connectivity index (χ1n) is 6.41. The highest BCUT2D eigenvalue weighted by atomic mass is 19.4. The Bertz CT molecular complexity index is 715. The maximum Gasteiger partial charge on any atom is 0.438 e. The van der Waals surface area contributed by atoms with Gasteiger partial charge in [-0.3, -0.25) is 19.6 Å². The second-order valence-corrected chi connectivity index (χ2v) is 5.01. The lowest BCUT2D eigenvalue weighted by atomic mass is 10.1. The number of hydrogen-bond acceptors (Lipinski definition) is 7. The molecule has 1 aliphatic rings. The molecule has 0 saturated heterocycles. The molecule has 0 aromatic carbocycles. The average Bonchev–Trinajstić information content (AvgIpc) is 2.99. The molecule has 1 atom stereocenters. The summed E-state index contributed by atoms with van der Waals surface area (Å²) < 4.78 is 44.5. The van der Waals surface area contributed by atoms with Crippen LogP contribution >= 0.6 is 0 Å². The number of hydrazone groups is 1. The van der Waals surface area contributed by atoms with Crippen molar-refractivity contribution >= 4 is 17.3 Å². The van der Waals surface area contributed by atoms with Crippen molar-refractivity contribution in [3.05, 3.63) is 16.3 Å². The largest absolute Gasteiger partial charge is 0.475 e. The zero-order valence-corrected chi connectivity index (χ0v) is 12.4. The molecule has 0 unspecified atom stereocenters. The molecule has 24 heavy (non-hydrogen) atoms. The highest BCUT2D eigenvalue weighted by Gasteiger charge is 2.62. The summed E-state index contributed by atoms with van der Waals surface area (Å²) in [5, 5.41) is 27.5. The molecule has 1 aliphatic heterocycles. The van der Waals surface area contributed by atoms with Gasteiger partial charge in [0.2, 0.25) is 0 Å². The van der Waals surface area contributed by atoms with Crippen LogP contribution in [0.5, 0.6) is 5.88 Å². The van der Waals surface area contributed by atoms with Gasteiger partial charge in [0.1, 0.15) is 12.7 Å². The van der Waals surface area contributed by atoms with E-state index in [-0.39, 0.29) is 10.7 Å². The van der Waals surface area contributed by atoms with Crippen LogP contribution in [-0.2, 0) is 11.3 Å². The van der Waals surface area contributed by atoms with Gasteiger partial charge in [0.25, 0.3) is 11.6 Å². The van der Waals surface area contributed by atoms with Crippen molar-refractivity contribution in [2.24, 2.45) is 5.10 Å². The first-order chi connectivity index (χ1) is 11.0. The van der Waals surface area contributed by atoms with Gasteiger partial charge in [-0.1, -0.05) is 0 Å². The van der Waals surface area contributed by atoms with Crippen LogP contribution in [0.25, 0.3) is 0 Å². The van der Waals surface area contributed by atoms with Gasteiger partial charge >= 0.3 is 17.7 Å². The van der Waals surface area contributed by atoms with Crippen molar-refractivity contribution < 1.29 is 32.7 Å². The zero-order chi connectivity index (χ0) is 18.3. The van der Waals surface area contributed by atoms with Crippen molar-refractivity contribution in [1.29, 1.82) is 0 Å². The summed E-state index contributed by atoms with van der Waals surface area (Å²) in [5.41, 5.74) is -4.11. The lowest BCUT2D eigenvalue weighted by Gasteiger charge is -2.32. The monoisotopic (exact) mass is 351 g/mol. The Kier molecular flexibility index (Phi) is 4.22. The van der Waals surface area contributed by atoms with E-state index in [0.717, 1.165) is 18.0 Å². The van der Waals surface area contributed by atoms with Gasteiger partial charge in [0, 0.05) is 12.1 Å². The molecule has 2 heterocycles. The van der Waals surface area contributed by atoms with E-state index in [1.54, 1.807) is 0 Å². The van der Waals surface area contributed by atoms with E-state index < -0.39 is 47.3 Å². The third-order valence-corrected chi connectivity index (χ3v) is 3.21. The summed E-state index contributed by atoms with van der Waals surface area (Å²) in [6.07, 6.45) is -5.18. The fourth-order valence-electron chi connectivity index (χ4n) is 2.15. The van der Waals surface area contributed by atoms with Gasteiger partial charge in [0.15, 0.2) is 0 Å². The lowest BCUT2D eigenvalue weighted by Crippen LogP contribution is -2.57. The normalized spacial score (nSPS) is 20.9. The molecule has 0 radical (unpaired) electrons. The van der Waals surface area contributed by atoms with Crippen LogP contribution in [0.1, 0.15) is 13.3 Å². The van der Waals surface area contributed by atoms with Crippen LogP contribution in [0.3, 0.4) is 0 Å². The quantitative estimate of drug-likeness (QED) is 0.628. The Morgan fingerprint density at radius 1 is 1.58 bits per heavy atom. The number of nitrogens with zero attached hydrogens (tertiary/aromatic N) is 5. The highest BCUT2D eigenvalue weighted by molar-refractivity contribution is 5.89. The van der Waals surface area contributed by atoms with Crippen molar-refractivity contribution in [1.82, 2.24) is 14.8 Å². The number of nitro groups is 1. The number of hydrogen-bond donors (Lipinski definition) is 1. The minimum Gasteiger partial charge on any atom is -0.475 e. The molecule has 1 amide bonds. The van der Waals surface area contributed by atoms with Gasteiger partial charge in [-0.2, -0.15) is 23.3 Å². The van der Waals surface area contributed by atoms with E-state index in [9.17, 15) is 33.2 Å². The van der Waals surface area contributed by atoms with Crippen LogP contribution in [-0.4, -0.2) is 55.4 Å².